The van der Waals surface area contributed by atoms with Gasteiger partial charge >= 0.3 is 12.0 Å². The lowest BCUT2D eigenvalue weighted by atomic mass is 10.0. The highest BCUT2D eigenvalue weighted by molar-refractivity contribution is 5.98. The number of piperidine rings is 1. The van der Waals surface area contributed by atoms with Crippen molar-refractivity contribution in [2.75, 3.05) is 13.1 Å². The molecule has 0 aliphatic carbocycles. The van der Waals surface area contributed by atoms with Crippen molar-refractivity contribution in [1.29, 1.82) is 0 Å². The third kappa shape index (κ3) is 3.98. The second-order valence-electron chi connectivity index (χ2n) is 5.79. The summed E-state index contributed by atoms with van der Waals surface area (Å²) in [6.07, 6.45) is 4.99. The number of imide groups is 1. The molecule has 2 saturated heterocycles. The van der Waals surface area contributed by atoms with Crippen molar-refractivity contribution >= 4 is 17.8 Å². The maximum Gasteiger partial charge on any atom is 0.322 e. The van der Waals surface area contributed by atoms with E-state index in [0.717, 1.165) is 0 Å². The molecule has 9 nitrogen and oxygen atoms in total. The SMILES string of the molecule is O=C1CCC(C(=O)N2CCC(Oc3ncccn3)CC2)NC(=O)N1. The lowest BCUT2D eigenvalue weighted by Gasteiger charge is -2.33. The number of ether oxygens (including phenoxy) is 1. The molecule has 24 heavy (non-hydrogen) atoms. The van der Waals surface area contributed by atoms with Crippen molar-refractivity contribution in [1.82, 2.24) is 25.5 Å². The van der Waals surface area contributed by atoms with Crippen LogP contribution in [0.4, 0.5) is 4.79 Å². The van der Waals surface area contributed by atoms with Gasteiger partial charge in [0.25, 0.3) is 0 Å². The van der Waals surface area contributed by atoms with Gasteiger partial charge in [-0.1, -0.05) is 0 Å². The summed E-state index contributed by atoms with van der Waals surface area (Å²) in [6.45, 7) is 1.06. The normalized spacial score (nSPS) is 22.3. The largest absolute Gasteiger partial charge is 0.460 e. The lowest BCUT2D eigenvalue weighted by molar-refractivity contribution is -0.135. The minimum absolute atomic E-state index is 0.0385. The van der Waals surface area contributed by atoms with E-state index in [1.54, 1.807) is 23.4 Å². The summed E-state index contributed by atoms with van der Waals surface area (Å²) in [5, 5.41) is 4.71. The lowest BCUT2D eigenvalue weighted by Crippen LogP contribution is -2.52. The van der Waals surface area contributed by atoms with E-state index in [1.165, 1.54) is 0 Å². The van der Waals surface area contributed by atoms with Crippen molar-refractivity contribution in [3.05, 3.63) is 18.5 Å². The molecule has 0 saturated carbocycles. The summed E-state index contributed by atoms with van der Waals surface area (Å²) in [5.74, 6) is -0.521. The molecule has 1 aromatic rings. The van der Waals surface area contributed by atoms with Crippen molar-refractivity contribution in [3.8, 4) is 6.01 Å². The van der Waals surface area contributed by atoms with Gasteiger partial charge in [0.2, 0.25) is 11.8 Å². The van der Waals surface area contributed by atoms with Crippen molar-refractivity contribution in [3.63, 3.8) is 0 Å². The Bertz CT molecular complexity index is 616. The molecule has 2 N–H and O–H groups in total. The van der Waals surface area contributed by atoms with E-state index in [1.807, 2.05) is 0 Å². The van der Waals surface area contributed by atoms with Gasteiger partial charge in [0.15, 0.2) is 0 Å². The number of carbonyl (C=O) groups excluding carboxylic acids is 3. The Morgan fingerprint density at radius 2 is 1.88 bits per heavy atom. The third-order valence-electron chi connectivity index (χ3n) is 4.08. The van der Waals surface area contributed by atoms with Gasteiger partial charge < -0.3 is 15.0 Å². The van der Waals surface area contributed by atoms with Crippen LogP contribution in [0.1, 0.15) is 25.7 Å². The van der Waals surface area contributed by atoms with Crippen molar-refractivity contribution < 1.29 is 19.1 Å². The number of amides is 4. The number of aromatic nitrogens is 2. The van der Waals surface area contributed by atoms with Crippen LogP contribution in [-0.4, -0.2) is 57.9 Å². The Morgan fingerprint density at radius 1 is 1.17 bits per heavy atom. The second kappa shape index (κ2) is 7.24. The number of nitrogens with zero attached hydrogens (tertiary/aromatic N) is 3. The highest BCUT2D eigenvalue weighted by Crippen LogP contribution is 2.17. The average Bonchev–Trinajstić information content (AvgIpc) is 2.76. The van der Waals surface area contributed by atoms with Gasteiger partial charge in [0.1, 0.15) is 12.1 Å². The summed E-state index contributed by atoms with van der Waals surface area (Å²) < 4.78 is 5.70. The molecule has 3 heterocycles. The maximum atomic E-state index is 12.5. The van der Waals surface area contributed by atoms with E-state index >= 15 is 0 Å². The monoisotopic (exact) mass is 333 g/mol. The first-order valence-electron chi connectivity index (χ1n) is 7.94. The summed E-state index contributed by atoms with van der Waals surface area (Å²) in [5.41, 5.74) is 0. The average molecular weight is 333 g/mol. The number of hydrogen-bond acceptors (Lipinski definition) is 6. The number of hydrogen-bond donors (Lipinski definition) is 2. The van der Waals surface area contributed by atoms with Crippen molar-refractivity contribution in [2.45, 2.75) is 37.8 Å². The molecular weight excluding hydrogens is 314 g/mol. The molecule has 1 unspecified atom stereocenters. The van der Waals surface area contributed by atoms with Gasteiger partial charge in [-0.3, -0.25) is 14.9 Å². The number of nitrogens with one attached hydrogen (secondary N) is 2. The zero-order valence-electron chi connectivity index (χ0n) is 13.1. The topological polar surface area (TPSA) is 114 Å². The number of rotatable bonds is 3. The Balaban J connectivity index is 1.51. The predicted octanol–water partition coefficient (Wildman–Crippen LogP) is -0.165. The van der Waals surface area contributed by atoms with E-state index in [4.69, 9.17) is 4.74 Å². The molecule has 1 aromatic heterocycles. The Hall–Kier alpha value is -2.71. The molecule has 0 bridgehead atoms. The van der Waals surface area contributed by atoms with E-state index < -0.39 is 12.1 Å². The molecule has 9 heteroatoms. The molecule has 0 spiro atoms. The quantitative estimate of drug-likeness (QED) is 0.794. The number of carbonyl (C=O) groups is 3. The molecule has 3 rings (SSSR count). The van der Waals surface area contributed by atoms with Crippen LogP contribution in [-0.2, 0) is 9.59 Å². The fourth-order valence-electron chi connectivity index (χ4n) is 2.83. The molecule has 2 fully saturated rings. The molecule has 2 aliphatic rings. The molecule has 4 amide bonds. The van der Waals surface area contributed by atoms with Gasteiger partial charge in [-0.2, -0.15) is 0 Å². The van der Waals surface area contributed by atoms with Gasteiger partial charge in [0, 0.05) is 44.7 Å². The zero-order valence-corrected chi connectivity index (χ0v) is 13.1. The highest BCUT2D eigenvalue weighted by atomic mass is 16.5. The summed E-state index contributed by atoms with van der Waals surface area (Å²) in [7, 11) is 0. The van der Waals surface area contributed by atoms with Gasteiger partial charge in [0.05, 0.1) is 0 Å². The first kappa shape index (κ1) is 16.2. The van der Waals surface area contributed by atoms with Crippen LogP contribution in [0.25, 0.3) is 0 Å². The highest BCUT2D eigenvalue weighted by Gasteiger charge is 2.32. The molecule has 128 valence electrons. The zero-order chi connectivity index (χ0) is 16.9. The van der Waals surface area contributed by atoms with E-state index in [2.05, 4.69) is 20.6 Å². The van der Waals surface area contributed by atoms with Gasteiger partial charge in [-0.15, -0.1) is 0 Å². The van der Waals surface area contributed by atoms with Crippen molar-refractivity contribution in [2.24, 2.45) is 0 Å². The number of urea groups is 1. The Morgan fingerprint density at radius 3 is 2.58 bits per heavy atom. The van der Waals surface area contributed by atoms with E-state index in [9.17, 15) is 14.4 Å². The molecule has 0 aromatic carbocycles. The summed E-state index contributed by atoms with van der Waals surface area (Å²) in [4.78, 5) is 45.1. The minimum Gasteiger partial charge on any atom is -0.460 e. The maximum absolute atomic E-state index is 12.5. The molecule has 2 aliphatic heterocycles. The summed E-state index contributed by atoms with van der Waals surface area (Å²) in [6, 6.07) is 0.777. The molecular formula is C15H19N5O4. The Kier molecular flexibility index (Phi) is 4.88. The second-order valence-corrected chi connectivity index (χ2v) is 5.79. The smallest absolute Gasteiger partial charge is 0.322 e. The predicted molar refractivity (Wildman–Crippen MR) is 82.0 cm³/mol. The van der Waals surface area contributed by atoms with E-state index in [0.29, 0.717) is 38.4 Å². The van der Waals surface area contributed by atoms with Crippen LogP contribution in [0.3, 0.4) is 0 Å². The fourth-order valence-corrected chi connectivity index (χ4v) is 2.83. The van der Waals surface area contributed by atoms with Crippen LogP contribution in [0, 0.1) is 0 Å². The van der Waals surface area contributed by atoms with Crippen LogP contribution in [0.5, 0.6) is 6.01 Å². The standard InChI is InChI=1S/C15H19N5O4/c21-12-3-2-11(18-14(23)19-12)13(22)20-8-4-10(5-9-20)24-15-16-6-1-7-17-15/h1,6-7,10-11H,2-5,8-9H2,(H2,18,19,21,23). The first-order chi connectivity index (χ1) is 11.6. The summed E-state index contributed by atoms with van der Waals surface area (Å²) >= 11 is 0. The van der Waals surface area contributed by atoms with Crippen LogP contribution in [0.15, 0.2) is 18.5 Å². The fraction of sp³-hybridized carbons (Fsp3) is 0.533. The van der Waals surface area contributed by atoms with Crippen LogP contribution < -0.4 is 15.4 Å². The minimum atomic E-state index is -0.661. The molecule has 0 radical (unpaired) electrons. The third-order valence-corrected chi connectivity index (χ3v) is 4.08. The first-order valence-corrected chi connectivity index (χ1v) is 7.94. The van der Waals surface area contributed by atoms with Crippen LogP contribution >= 0.6 is 0 Å². The Labute approximate surface area is 138 Å². The van der Waals surface area contributed by atoms with Gasteiger partial charge in [-0.25, -0.2) is 14.8 Å². The van der Waals surface area contributed by atoms with Gasteiger partial charge in [-0.05, 0) is 12.5 Å². The van der Waals surface area contributed by atoms with Crippen LogP contribution in [0.2, 0.25) is 0 Å². The van der Waals surface area contributed by atoms with E-state index in [-0.39, 0.29) is 24.3 Å². The number of likely N-dealkylation sites (tertiary alicyclic amines) is 1. The molecule has 1 atom stereocenters.